The van der Waals surface area contributed by atoms with Crippen LogP contribution in [0.3, 0.4) is 0 Å². The molecule has 0 aromatic heterocycles. The van der Waals surface area contributed by atoms with Gasteiger partial charge in [0, 0.05) is 44.1 Å². The highest BCUT2D eigenvalue weighted by molar-refractivity contribution is 6.05. The summed E-state index contributed by atoms with van der Waals surface area (Å²) in [5.41, 5.74) is 1.54. The van der Waals surface area contributed by atoms with Crippen molar-refractivity contribution in [1.29, 1.82) is 0 Å². The quantitative estimate of drug-likeness (QED) is 0.255. The zero-order valence-electron chi connectivity index (χ0n) is 29.0. The lowest BCUT2D eigenvalue weighted by Gasteiger charge is -2.39. The highest BCUT2D eigenvalue weighted by Gasteiger charge is 2.75. The zero-order valence-corrected chi connectivity index (χ0v) is 29.0. The van der Waals surface area contributed by atoms with Crippen LogP contribution in [0.15, 0.2) is 79.9 Å². The number of amides is 3. The first-order valence-corrected chi connectivity index (χ1v) is 17.5. The van der Waals surface area contributed by atoms with Crippen molar-refractivity contribution in [2.45, 2.75) is 77.3 Å². The molecule has 5 rings (SSSR count). The number of nitrogens with zero attached hydrogens (tertiary/aromatic N) is 4. The first kappa shape index (κ1) is 35.4. The molecular formula is C39H52N4O5. The number of hydrogen-bond acceptors (Lipinski definition) is 6. The lowest BCUT2D eigenvalue weighted by Crippen LogP contribution is -2.59. The third-order valence-electron chi connectivity index (χ3n) is 10.3. The molecule has 3 aliphatic rings. The van der Waals surface area contributed by atoms with Crippen LogP contribution in [-0.4, -0.2) is 89.2 Å². The Balaban J connectivity index is 1.55. The van der Waals surface area contributed by atoms with Gasteiger partial charge in [0.05, 0.1) is 30.6 Å². The van der Waals surface area contributed by atoms with Crippen molar-refractivity contribution in [3.63, 3.8) is 0 Å². The number of aliphatic hydroxyl groups excluding tert-OH is 1. The molecule has 258 valence electrons. The standard InChI is InChI=1S/C39H52N4O5/c1-7-22-41(25-28-14-12-11-13-15-28)36(45)33-32-20-21-39(48-32)34(33)37(46)43(31(26-44)24-27(5)6)35(39)38(47)42(23-8-2)30-18-16-29(17-19-30)40(9-3)10-4/h7-8,11-19,27,31-35,44H,1-2,9-10,20-26H2,3-6H3/t31-,32+,33-,34+,35?,39?/m1/s1. The van der Waals surface area contributed by atoms with Crippen LogP contribution in [0.4, 0.5) is 11.4 Å². The number of anilines is 2. The Bertz CT molecular complexity index is 1460. The number of aliphatic hydroxyl groups is 1. The van der Waals surface area contributed by atoms with E-state index < -0.39 is 35.6 Å². The second-order valence-corrected chi connectivity index (χ2v) is 13.7. The number of fused-ring (bicyclic) bond motifs is 1. The molecule has 2 unspecified atom stereocenters. The second-order valence-electron chi connectivity index (χ2n) is 13.7. The molecule has 2 aromatic carbocycles. The van der Waals surface area contributed by atoms with E-state index in [0.717, 1.165) is 24.3 Å². The summed E-state index contributed by atoms with van der Waals surface area (Å²) in [5, 5.41) is 10.7. The van der Waals surface area contributed by atoms with Gasteiger partial charge < -0.3 is 29.4 Å². The molecule has 3 fully saturated rings. The Kier molecular flexibility index (Phi) is 11.1. The van der Waals surface area contributed by atoms with Gasteiger partial charge in [-0.25, -0.2) is 0 Å². The Morgan fingerprint density at radius 2 is 1.65 bits per heavy atom. The number of ether oxygens (including phenoxy) is 1. The number of benzene rings is 2. The third-order valence-corrected chi connectivity index (χ3v) is 10.3. The minimum Gasteiger partial charge on any atom is -0.394 e. The number of carbonyl (C=O) groups is 3. The fraction of sp³-hybridized carbons (Fsp3) is 0.513. The van der Waals surface area contributed by atoms with Crippen LogP contribution < -0.4 is 9.80 Å². The van der Waals surface area contributed by atoms with Crippen LogP contribution >= 0.6 is 0 Å². The van der Waals surface area contributed by atoms with E-state index >= 15 is 4.79 Å². The molecule has 0 radical (unpaired) electrons. The molecular weight excluding hydrogens is 604 g/mol. The predicted molar refractivity (Wildman–Crippen MR) is 189 cm³/mol. The monoisotopic (exact) mass is 656 g/mol. The normalized spacial score (nSPS) is 24.8. The van der Waals surface area contributed by atoms with Crippen LogP contribution in [0.5, 0.6) is 0 Å². The van der Waals surface area contributed by atoms with Crippen molar-refractivity contribution in [3.8, 4) is 0 Å². The van der Waals surface area contributed by atoms with E-state index in [1.165, 1.54) is 0 Å². The summed E-state index contributed by atoms with van der Waals surface area (Å²) in [6, 6.07) is 16.0. The van der Waals surface area contributed by atoms with Crippen LogP contribution in [0, 0.1) is 17.8 Å². The summed E-state index contributed by atoms with van der Waals surface area (Å²) in [5.74, 6) is -2.17. The summed E-state index contributed by atoms with van der Waals surface area (Å²) in [7, 11) is 0. The summed E-state index contributed by atoms with van der Waals surface area (Å²) >= 11 is 0. The van der Waals surface area contributed by atoms with Gasteiger partial charge >= 0.3 is 0 Å². The first-order chi connectivity index (χ1) is 23.1. The molecule has 2 aromatic rings. The van der Waals surface area contributed by atoms with Crippen molar-refractivity contribution in [2.75, 3.05) is 42.6 Å². The number of hydrogen-bond donors (Lipinski definition) is 1. The molecule has 0 aliphatic carbocycles. The molecule has 3 amide bonds. The van der Waals surface area contributed by atoms with Crippen LogP contribution in [-0.2, 0) is 25.7 Å². The van der Waals surface area contributed by atoms with Crippen LogP contribution in [0.25, 0.3) is 0 Å². The topological polar surface area (TPSA) is 93.6 Å². The summed E-state index contributed by atoms with van der Waals surface area (Å²) in [6.45, 7) is 18.5. The van der Waals surface area contributed by atoms with E-state index in [9.17, 15) is 14.7 Å². The second kappa shape index (κ2) is 15.1. The SMILES string of the molecule is C=CCN(Cc1ccccc1)C(=O)[C@@H]1[C@@H]2CCC3(O2)C(C(=O)N(CC=C)c2ccc(N(CC)CC)cc2)N([C@@H](CO)CC(C)C)C(=O)[C@H]13. The molecule has 6 atom stereocenters. The maximum atomic E-state index is 15.0. The zero-order chi connectivity index (χ0) is 34.6. The fourth-order valence-electron chi connectivity index (χ4n) is 8.30. The summed E-state index contributed by atoms with van der Waals surface area (Å²) in [4.78, 5) is 51.5. The highest BCUT2D eigenvalue weighted by Crippen LogP contribution is 2.59. The fourth-order valence-corrected chi connectivity index (χ4v) is 8.30. The summed E-state index contributed by atoms with van der Waals surface area (Å²) < 4.78 is 6.78. The molecule has 9 heteroatoms. The lowest BCUT2D eigenvalue weighted by atomic mass is 9.70. The van der Waals surface area contributed by atoms with E-state index in [1.54, 1.807) is 26.9 Å². The first-order valence-electron chi connectivity index (χ1n) is 17.5. The van der Waals surface area contributed by atoms with Crippen molar-refractivity contribution in [1.82, 2.24) is 9.80 Å². The maximum Gasteiger partial charge on any atom is 0.253 e. The lowest BCUT2D eigenvalue weighted by molar-refractivity contribution is -0.147. The van der Waals surface area contributed by atoms with Crippen LogP contribution in [0.1, 0.15) is 52.5 Å². The predicted octanol–water partition coefficient (Wildman–Crippen LogP) is 5.05. The van der Waals surface area contributed by atoms with Crippen molar-refractivity contribution in [3.05, 3.63) is 85.5 Å². The molecule has 1 spiro atoms. The minimum absolute atomic E-state index is 0.157. The Hall–Kier alpha value is -3.95. The van der Waals surface area contributed by atoms with Gasteiger partial charge in [0.15, 0.2) is 0 Å². The minimum atomic E-state index is -1.18. The van der Waals surface area contributed by atoms with E-state index in [1.807, 2.05) is 68.4 Å². The molecule has 0 saturated carbocycles. The van der Waals surface area contributed by atoms with Gasteiger partial charge in [-0.1, -0.05) is 56.3 Å². The molecule has 1 N–H and O–H groups in total. The highest BCUT2D eigenvalue weighted by atomic mass is 16.5. The molecule has 3 aliphatic heterocycles. The Labute approximate surface area is 285 Å². The number of rotatable bonds is 16. The largest absolute Gasteiger partial charge is 0.394 e. The van der Waals surface area contributed by atoms with Crippen molar-refractivity contribution < 1.29 is 24.2 Å². The molecule has 3 heterocycles. The van der Waals surface area contributed by atoms with E-state index in [4.69, 9.17) is 4.74 Å². The van der Waals surface area contributed by atoms with E-state index in [2.05, 4.69) is 31.9 Å². The Morgan fingerprint density at radius 1 is 1.00 bits per heavy atom. The van der Waals surface area contributed by atoms with Crippen molar-refractivity contribution in [2.24, 2.45) is 17.8 Å². The van der Waals surface area contributed by atoms with Gasteiger partial charge in [0.25, 0.3) is 5.91 Å². The third kappa shape index (κ3) is 6.42. The number of carbonyl (C=O) groups excluding carboxylic acids is 3. The average molecular weight is 657 g/mol. The van der Waals surface area contributed by atoms with Gasteiger partial charge in [-0.15, -0.1) is 13.2 Å². The van der Waals surface area contributed by atoms with Crippen molar-refractivity contribution >= 4 is 29.1 Å². The Morgan fingerprint density at radius 3 is 2.23 bits per heavy atom. The van der Waals surface area contributed by atoms with E-state index in [-0.39, 0.29) is 36.8 Å². The average Bonchev–Trinajstić information content (AvgIpc) is 3.74. The van der Waals surface area contributed by atoms with Gasteiger partial charge in [-0.2, -0.15) is 0 Å². The smallest absolute Gasteiger partial charge is 0.253 e. The molecule has 9 nitrogen and oxygen atoms in total. The van der Waals surface area contributed by atoms with E-state index in [0.29, 0.717) is 38.0 Å². The van der Waals surface area contributed by atoms with Gasteiger partial charge in [-0.3, -0.25) is 14.4 Å². The van der Waals surface area contributed by atoms with Crippen LogP contribution in [0.2, 0.25) is 0 Å². The summed E-state index contributed by atoms with van der Waals surface area (Å²) in [6.07, 6.45) is 4.45. The van der Waals surface area contributed by atoms with Gasteiger partial charge in [0.2, 0.25) is 11.8 Å². The number of likely N-dealkylation sites (tertiary alicyclic amines) is 1. The van der Waals surface area contributed by atoms with Gasteiger partial charge in [0.1, 0.15) is 11.6 Å². The maximum absolute atomic E-state index is 15.0. The molecule has 3 saturated heterocycles. The van der Waals surface area contributed by atoms with Gasteiger partial charge in [-0.05, 0) is 68.9 Å². The molecule has 48 heavy (non-hydrogen) atoms. The molecule has 2 bridgehead atoms.